The van der Waals surface area contributed by atoms with Crippen molar-refractivity contribution in [3.63, 3.8) is 0 Å². The zero-order chi connectivity index (χ0) is 18.7. The molecule has 0 aromatic rings. The average Bonchev–Trinajstić information content (AvgIpc) is 2.97. The van der Waals surface area contributed by atoms with Crippen LogP contribution in [0, 0.1) is 0 Å². The molecule has 0 saturated heterocycles. The van der Waals surface area contributed by atoms with Crippen LogP contribution in [0.3, 0.4) is 0 Å². The second-order valence-electron chi connectivity index (χ2n) is 6.50. The van der Waals surface area contributed by atoms with Crippen LogP contribution < -0.4 is 0 Å². The molecule has 1 aliphatic rings. The first-order valence-corrected chi connectivity index (χ1v) is 8.86. The Balaban J connectivity index is 2.44. The number of hydrogen-bond donors (Lipinski definition) is 0. The van der Waals surface area contributed by atoms with Crippen LogP contribution in [0.15, 0.2) is 46.6 Å². The summed E-state index contributed by atoms with van der Waals surface area (Å²) in [6, 6.07) is 0. The second-order valence-corrected chi connectivity index (χ2v) is 6.50. The predicted octanol–water partition coefficient (Wildman–Crippen LogP) is 4.82. The van der Waals surface area contributed by atoms with Crippen molar-refractivity contribution in [3.05, 3.63) is 46.6 Å². The lowest BCUT2D eigenvalue weighted by molar-refractivity contribution is -0.137. The monoisotopic (exact) mass is 346 g/mol. The fourth-order valence-corrected chi connectivity index (χ4v) is 2.58. The molecule has 4 heteroatoms. The van der Waals surface area contributed by atoms with E-state index < -0.39 is 0 Å². The van der Waals surface area contributed by atoms with Crippen molar-refractivity contribution in [2.24, 2.45) is 0 Å². The fourth-order valence-electron chi connectivity index (χ4n) is 2.58. The quantitative estimate of drug-likeness (QED) is 0.323. The minimum atomic E-state index is -0.240. The minimum Gasteiger partial charge on any atom is -0.466 e. The van der Waals surface area contributed by atoms with Crippen LogP contribution in [0.25, 0.3) is 0 Å². The Hall–Kier alpha value is -2.10. The van der Waals surface area contributed by atoms with Crippen molar-refractivity contribution < 1.29 is 19.1 Å². The van der Waals surface area contributed by atoms with Gasteiger partial charge in [-0.1, -0.05) is 29.4 Å². The number of carbonyl (C=O) groups is 2. The molecule has 1 aliphatic heterocycles. The molecule has 1 heterocycles. The van der Waals surface area contributed by atoms with Gasteiger partial charge in [-0.25, -0.2) is 9.59 Å². The molecule has 0 radical (unpaired) electrons. The number of ether oxygens (including phenoxy) is 2. The lowest BCUT2D eigenvalue weighted by Gasteiger charge is -2.05. The second kappa shape index (κ2) is 11.5. The van der Waals surface area contributed by atoms with Gasteiger partial charge in [0, 0.05) is 11.1 Å². The van der Waals surface area contributed by atoms with E-state index in [0.29, 0.717) is 13.0 Å². The van der Waals surface area contributed by atoms with E-state index in [4.69, 9.17) is 9.47 Å². The Morgan fingerprint density at radius 1 is 1.12 bits per heavy atom. The summed E-state index contributed by atoms with van der Waals surface area (Å²) in [6.07, 6.45) is 12.9. The van der Waals surface area contributed by atoms with Gasteiger partial charge < -0.3 is 9.47 Å². The van der Waals surface area contributed by atoms with E-state index in [9.17, 15) is 9.59 Å². The molecule has 0 aromatic carbocycles. The van der Waals surface area contributed by atoms with Crippen LogP contribution in [-0.4, -0.2) is 25.7 Å². The first-order valence-electron chi connectivity index (χ1n) is 8.86. The van der Waals surface area contributed by atoms with Gasteiger partial charge in [0.1, 0.15) is 6.61 Å². The molecule has 0 atom stereocenters. The topological polar surface area (TPSA) is 52.6 Å². The first-order chi connectivity index (χ1) is 11.9. The van der Waals surface area contributed by atoms with Crippen LogP contribution in [0.2, 0.25) is 0 Å². The van der Waals surface area contributed by atoms with Crippen molar-refractivity contribution in [2.75, 3.05) is 13.7 Å². The highest BCUT2D eigenvalue weighted by Crippen LogP contribution is 2.17. The summed E-state index contributed by atoms with van der Waals surface area (Å²) in [5.74, 6) is -0.427. The minimum absolute atomic E-state index is 0.187. The normalized spacial score (nSPS) is 14.9. The van der Waals surface area contributed by atoms with Gasteiger partial charge in [-0.2, -0.15) is 0 Å². The standard InChI is InChI=1S/C21H30O4/c1-16(2)8-5-11-18(20(22)24-4)12-6-9-17(3)10-7-13-19-14-15-25-21(19)23/h8,10,12,14H,5-7,9,11,13,15H2,1-4H3. The lowest BCUT2D eigenvalue weighted by Crippen LogP contribution is -2.04. The molecule has 0 bridgehead atoms. The summed E-state index contributed by atoms with van der Waals surface area (Å²) < 4.78 is 9.75. The molecule has 25 heavy (non-hydrogen) atoms. The van der Waals surface area contributed by atoms with E-state index in [-0.39, 0.29) is 11.9 Å². The molecule has 0 unspecified atom stereocenters. The molecule has 0 fully saturated rings. The maximum atomic E-state index is 11.8. The number of rotatable bonds is 10. The van der Waals surface area contributed by atoms with Gasteiger partial charge in [0.15, 0.2) is 0 Å². The van der Waals surface area contributed by atoms with Crippen LogP contribution in [0.1, 0.15) is 59.3 Å². The van der Waals surface area contributed by atoms with Crippen molar-refractivity contribution >= 4 is 11.9 Å². The predicted molar refractivity (Wildman–Crippen MR) is 100 cm³/mol. The number of cyclic esters (lactones) is 1. The molecule has 138 valence electrons. The maximum Gasteiger partial charge on any atom is 0.334 e. The van der Waals surface area contributed by atoms with E-state index >= 15 is 0 Å². The summed E-state index contributed by atoms with van der Waals surface area (Å²) >= 11 is 0. The fraction of sp³-hybridized carbons (Fsp3) is 0.524. The van der Waals surface area contributed by atoms with Gasteiger partial charge in [-0.05, 0) is 65.4 Å². The average molecular weight is 346 g/mol. The third kappa shape index (κ3) is 8.52. The van der Waals surface area contributed by atoms with Crippen LogP contribution in [-0.2, 0) is 19.1 Å². The Bertz CT molecular complexity index is 587. The molecule has 4 nitrogen and oxygen atoms in total. The molecular weight excluding hydrogens is 316 g/mol. The van der Waals surface area contributed by atoms with Crippen LogP contribution in [0.5, 0.6) is 0 Å². The van der Waals surface area contributed by atoms with E-state index in [0.717, 1.165) is 43.3 Å². The summed E-state index contributed by atoms with van der Waals surface area (Å²) in [6.45, 7) is 6.59. The number of methoxy groups -OCH3 is 1. The van der Waals surface area contributed by atoms with E-state index in [2.05, 4.69) is 32.9 Å². The Morgan fingerprint density at radius 2 is 1.84 bits per heavy atom. The van der Waals surface area contributed by atoms with Gasteiger partial charge >= 0.3 is 11.9 Å². The largest absolute Gasteiger partial charge is 0.466 e. The highest BCUT2D eigenvalue weighted by Gasteiger charge is 2.15. The van der Waals surface area contributed by atoms with Gasteiger partial charge in [0.05, 0.1) is 7.11 Å². The summed E-state index contributed by atoms with van der Waals surface area (Å²) in [5.41, 5.74) is 4.03. The highest BCUT2D eigenvalue weighted by atomic mass is 16.5. The van der Waals surface area contributed by atoms with E-state index in [1.54, 1.807) is 0 Å². The number of carbonyl (C=O) groups excluding carboxylic acids is 2. The Morgan fingerprint density at radius 3 is 2.44 bits per heavy atom. The molecular formula is C21H30O4. The van der Waals surface area contributed by atoms with Crippen molar-refractivity contribution in [3.8, 4) is 0 Å². The number of esters is 2. The molecule has 0 saturated carbocycles. The Kier molecular flexibility index (Phi) is 9.60. The zero-order valence-electron chi connectivity index (χ0n) is 15.9. The SMILES string of the molecule is COC(=O)C(=CCCC(C)=CCCC1=CCOC1=O)CCC=C(C)C. The highest BCUT2D eigenvalue weighted by molar-refractivity contribution is 5.90. The third-order valence-electron chi connectivity index (χ3n) is 4.06. The zero-order valence-corrected chi connectivity index (χ0v) is 15.9. The summed E-state index contributed by atoms with van der Waals surface area (Å²) in [7, 11) is 1.42. The maximum absolute atomic E-state index is 11.8. The van der Waals surface area contributed by atoms with Gasteiger partial charge in [0.2, 0.25) is 0 Å². The molecule has 0 spiro atoms. The smallest absolute Gasteiger partial charge is 0.334 e. The summed E-state index contributed by atoms with van der Waals surface area (Å²) in [4.78, 5) is 23.2. The summed E-state index contributed by atoms with van der Waals surface area (Å²) in [5, 5.41) is 0. The third-order valence-corrected chi connectivity index (χ3v) is 4.06. The van der Waals surface area contributed by atoms with Crippen LogP contribution >= 0.6 is 0 Å². The Labute approximate surface area is 151 Å². The number of allylic oxidation sites excluding steroid dienone is 5. The van der Waals surface area contributed by atoms with E-state index in [1.165, 1.54) is 18.3 Å². The van der Waals surface area contributed by atoms with Gasteiger partial charge in [0.25, 0.3) is 0 Å². The molecule has 0 N–H and O–H groups in total. The number of hydrogen-bond acceptors (Lipinski definition) is 4. The van der Waals surface area contributed by atoms with Crippen molar-refractivity contribution in [1.29, 1.82) is 0 Å². The molecule has 0 amide bonds. The van der Waals surface area contributed by atoms with Crippen molar-refractivity contribution in [1.82, 2.24) is 0 Å². The first kappa shape index (κ1) is 20.9. The lowest BCUT2D eigenvalue weighted by atomic mass is 10.0. The van der Waals surface area contributed by atoms with Crippen LogP contribution in [0.4, 0.5) is 0 Å². The molecule has 0 aromatic heterocycles. The van der Waals surface area contributed by atoms with Crippen molar-refractivity contribution in [2.45, 2.75) is 59.3 Å². The molecule has 1 rings (SSSR count). The molecule has 0 aliphatic carbocycles. The van der Waals surface area contributed by atoms with Gasteiger partial charge in [-0.15, -0.1) is 0 Å². The van der Waals surface area contributed by atoms with E-state index in [1.807, 2.05) is 12.2 Å². The van der Waals surface area contributed by atoms with Gasteiger partial charge in [-0.3, -0.25) is 0 Å².